The van der Waals surface area contributed by atoms with E-state index >= 15 is 0 Å². The van der Waals surface area contributed by atoms with Crippen LogP contribution in [-0.2, 0) is 6.61 Å². The average molecular weight is 189 g/mol. The molecule has 2 rings (SSSR count). The van der Waals surface area contributed by atoms with Crippen LogP contribution in [-0.4, -0.2) is 10.3 Å². The standard InChI is InChI=1S/C11H11NO2/c1-8-6-11(12-14-8)10-4-2-9(7-13)3-5-10/h2-6,13H,7H2,1H3. The molecule has 0 spiro atoms. The molecular formula is C11H11NO2. The number of aryl methyl sites for hydroxylation is 1. The highest BCUT2D eigenvalue weighted by Crippen LogP contribution is 2.19. The summed E-state index contributed by atoms with van der Waals surface area (Å²) in [6.45, 7) is 1.93. The van der Waals surface area contributed by atoms with Gasteiger partial charge >= 0.3 is 0 Å². The Labute approximate surface area is 82.0 Å². The molecule has 1 heterocycles. The lowest BCUT2D eigenvalue weighted by Crippen LogP contribution is -1.82. The molecule has 0 aliphatic carbocycles. The molecule has 3 nitrogen and oxygen atoms in total. The van der Waals surface area contributed by atoms with Gasteiger partial charge in [-0.1, -0.05) is 29.4 Å². The maximum absolute atomic E-state index is 8.87. The molecule has 0 amide bonds. The molecular weight excluding hydrogens is 178 g/mol. The molecule has 1 aromatic heterocycles. The predicted octanol–water partition coefficient (Wildman–Crippen LogP) is 2.14. The quantitative estimate of drug-likeness (QED) is 0.787. The van der Waals surface area contributed by atoms with Gasteiger partial charge in [-0.25, -0.2) is 0 Å². The summed E-state index contributed by atoms with van der Waals surface area (Å²) in [7, 11) is 0. The fourth-order valence-electron chi connectivity index (χ4n) is 1.28. The second kappa shape index (κ2) is 3.64. The zero-order valence-electron chi connectivity index (χ0n) is 7.90. The molecule has 0 saturated carbocycles. The largest absolute Gasteiger partial charge is 0.392 e. The summed E-state index contributed by atoms with van der Waals surface area (Å²) in [6, 6.07) is 9.47. The van der Waals surface area contributed by atoms with E-state index in [0.717, 1.165) is 22.6 Å². The van der Waals surface area contributed by atoms with E-state index in [1.54, 1.807) is 0 Å². The summed E-state index contributed by atoms with van der Waals surface area (Å²) in [6.07, 6.45) is 0. The highest BCUT2D eigenvalue weighted by Gasteiger charge is 2.02. The summed E-state index contributed by atoms with van der Waals surface area (Å²) >= 11 is 0. The Morgan fingerprint density at radius 2 is 2.00 bits per heavy atom. The summed E-state index contributed by atoms with van der Waals surface area (Å²) in [5, 5.41) is 12.8. The van der Waals surface area contributed by atoms with Crippen LogP contribution in [0.1, 0.15) is 11.3 Å². The Morgan fingerprint density at radius 1 is 1.29 bits per heavy atom. The third kappa shape index (κ3) is 1.67. The van der Waals surface area contributed by atoms with E-state index in [-0.39, 0.29) is 6.61 Å². The minimum absolute atomic E-state index is 0.0676. The molecule has 0 aliphatic rings. The molecule has 0 fully saturated rings. The van der Waals surface area contributed by atoms with Crippen LogP contribution in [0.15, 0.2) is 34.9 Å². The molecule has 0 unspecified atom stereocenters. The van der Waals surface area contributed by atoms with Crippen LogP contribution in [0.4, 0.5) is 0 Å². The van der Waals surface area contributed by atoms with Crippen LogP contribution in [0.3, 0.4) is 0 Å². The van der Waals surface area contributed by atoms with Gasteiger partial charge in [-0.2, -0.15) is 0 Å². The maximum atomic E-state index is 8.87. The number of rotatable bonds is 2. The van der Waals surface area contributed by atoms with Crippen LogP contribution >= 0.6 is 0 Å². The van der Waals surface area contributed by atoms with Crippen molar-refractivity contribution in [3.8, 4) is 11.3 Å². The number of nitrogens with zero attached hydrogens (tertiary/aromatic N) is 1. The molecule has 0 saturated heterocycles. The van der Waals surface area contributed by atoms with Crippen molar-refractivity contribution in [2.45, 2.75) is 13.5 Å². The first-order chi connectivity index (χ1) is 6.79. The summed E-state index contributed by atoms with van der Waals surface area (Å²) in [5.41, 5.74) is 2.72. The second-order valence-electron chi connectivity index (χ2n) is 3.18. The Bertz CT molecular complexity index is 417. The Morgan fingerprint density at radius 3 is 2.50 bits per heavy atom. The van der Waals surface area contributed by atoms with Gasteiger partial charge in [0.2, 0.25) is 0 Å². The molecule has 0 aliphatic heterocycles. The van der Waals surface area contributed by atoms with Gasteiger partial charge in [-0.15, -0.1) is 0 Å². The van der Waals surface area contributed by atoms with Crippen molar-refractivity contribution in [3.63, 3.8) is 0 Å². The highest BCUT2D eigenvalue weighted by atomic mass is 16.5. The minimum atomic E-state index is 0.0676. The van der Waals surface area contributed by atoms with Gasteiger partial charge in [0.1, 0.15) is 11.5 Å². The smallest absolute Gasteiger partial charge is 0.134 e. The SMILES string of the molecule is Cc1cc(-c2ccc(CO)cc2)no1. The fourth-order valence-corrected chi connectivity index (χ4v) is 1.28. The number of aliphatic hydroxyl groups is 1. The van der Waals surface area contributed by atoms with Crippen molar-refractivity contribution in [1.82, 2.24) is 5.16 Å². The number of benzene rings is 1. The lowest BCUT2D eigenvalue weighted by Gasteiger charge is -1.97. The molecule has 0 bridgehead atoms. The van der Waals surface area contributed by atoms with Crippen LogP contribution in [0.25, 0.3) is 11.3 Å². The lowest BCUT2D eigenvalue weighted by atomic mass is 10.1. The summed E-state index contributed by atoms with van der Waals surface area (Å²) in [4.78, 5) is 0. The first kappa shape index (κ1) is 8.97. The monoisotopic (exact) mass is 189 g/mol. The molecule has 0 atom stereocenters. The van der Waals surface area contributed by atoms with Crippen LogP contribution in [0.2, 0.25) is 0 Å². The van der Waals surface area contributed by atoms with Gasteiger partial charge in [0.25, 0.3) is 0 Å². The van der Waals surface area contributed by atoms with Gasteiger partial charge in [0.05, 0.1) is 6.61 Å². The Balaban J connectivity index is 2.33. The second-order valence-corrected chi connectivity index (χ2v) is 3.18. The van der Waals surface area contributed by atoms with Crippen molar-refractivity contribution in [2.24, 2.45) is 0 Å². The Hall–Kier alpha value is -1.61. The van der Waals surface area contributed by atoms with Crippen molar-refractivity contribution in [1.29, 1.82) is 0 Å². The molecule has 2 aromatic rings. The fraction of sp³-hybridized carbons (Fsp3) is 0.182. The molecule has 3 heteroatoms. The normalized spacial score (nSPS) is 10.4. The number of aromatic nitrogens is 1. The van der Waals surface area contributed by atoms with E-state index in [2.05, 4.69) is 5.16 Å². The van der Waals surface area contributed by atoms with Crippen LogP contribution in [0.5, 0.6) is 0 Å². The van der Waals surface area contributed by atoms with Crippen molar-refractivity contribution in [2.75, 3.05) is 0 Å². The molecule has 1 N–H and O–H groups in total. The van der Waals surface area contributed by atoms with Crippen molar-refractivity contribution >= 4 is 0 Å². The lowest BCUT2D eigenvalue weighted by molar-refractivity contribution is 0.282. The summed E-state index contributed by atoms with van der Waals surface area (Å²) in [5.74, 6) is 0.797. The van der Waals surface area contributed by atoms with Crippen LogP contribution in [0, 0.1) is 6.92 Å². The van der Waals surface area contributed by atoms with E-state index in [9.17, 15) is 0 Å². The first-order valence-electron chi connectivity index (χ1n) is 4.43. The molecule has 72 valence electrons. The molecule has 14 heavy (non-hydrogen) atoms. The van der Waals surface area contributed by atoms with E-state index in [4.69, 9.17) is 9.63 Å². The van der Waals surface area contributed by atoms with Gasteiger partial charge in [0.15, 0.2) is 0 Å². The zero-order chi connectivity index (χ0) is 9.97. The van der Waals surface area contributed by atoms with Crippen molar-refractivity contribution in [3.05, 3.63) is 41.7 Å². The number of aliphatic hydroxyl groups excluding tert-OH is 1. The van der Waals surface area contributed by atoms with Gasteiger partial charge in [0, 0.05) is 11.6 Å². The molecule has 0 radical (unpaired) electrons. The van der Waals surface area contributed by atoms with Crippen LogP contribution < -0.4 is 0 Å². The van der Waals surface area contributed by atoms with Gasteiger partial charge in [-0.05, 0) is 12.5 Å². The highest BCUT2D eigenvalue weighted by molar-refractivity contribution is 5.58. The third-order valence-corrected chi connectivity index (χ3v) is 2.06. The van der Waals surface area contributed by atoms with E-state index < -0.39 is 0 Å². The third-order valence-electron chi connectivity index (χ3n) is 2.06. The van der Waals surface area contributed by atoms with Gasteiger partial charge < -0.3 is 9.63 Å². The topological polar surface area (TPSA) is 46.3 Å². The van der Waals surface area contributed by atoms with Gasteiger partial charge in [-0.3, -0.25) is 0 Å². The predicted molar refractivity (Wildman–Crippen MR) is 52.6 cm³/mol. The van der Waals surface area contributed by atoms with E-state index in [0.29, 0.717) is 0 Å². The van der Waals surface area contributed by atoms with Crippen molar-refractivity contribution < 1.29 is 9.63 Å². The first-order valence-corrected chi connectivity index (χ1v) is 4.43. The Kier molecular flexibility index (Phi) is 2.33. The average Bonchev–Trinajstić information content (AvgIpc) is 2.65. The number of hydrogen-bond donors (Lipinski definition) is 1. The van der Waals surface area contributed by atoms with E-state index in [1.165, 1.54) is 0 Å². The zero-order valence-corrected chi connectivity index (χ0v) is 7.90. The maximum Gasteiger partial charge on any atom is 0.134 e. The number of hydrogen-bond acceptors (Lipinski definition) is 3. The van der Waals surface area contributed by atoms with E-state index in [1.807, 2.05) is 37.3 Å². The summed E-state index contributed by atoms with van der Waals surface area (Å²) < 4.78 is 4.98. The minimum Gasteiger partial charge on any atom is -0.392 e. The molecule has 1 aromatic carbocycles.